The van der Waals surface area contributed by atoms with Gasteiger partial charge in [-0.25, -0.2) is 4.79 Å². The van der Waals surface area contributed by atoms with Gasteiger partial charge in [-0.3, -0.25) is 24.0 Å². The summed E-state index contributed by atoms with van der Waals surface area (Å²) in [7, 11) is 1.70. The highest BCUT2D eigenvalue weighted by molar-refractivity contribution is 5.99. The van der Waals surface area contributed by atoms with E-state index in [9.17, 15) is 14.4 Å². The van der Waals surface area contributed by atoms with Gasteiger partial charge < -0.3 is 9.84 Å². The molecule has 1 saturated heterocycles. The van der Waals surface area contributed by atoms with Gasteiger partial charge in [0.1, 0.15) is 6.04 Å². The number of allylic oxidation sites excluding steroid dienone is 2. The monoisotopic (exact) mass is 361 g/mol. The van der Waals surface area contributed by atoms with E-state index in [2.05, 4.69) is 5.32 Å². The number of aliphatic hydroxyl groups excluding tert-OH is 1. The zero-order valence-electron chi connectivity index (χ0n) is 14.7. The van der Waals surface area contributed by atoms with Gasteiger partial charge in [-0.15, -0.1) is 0 Å². The number of aromatic nitrogens is 2. The number of fused-ring (bicyclic) bond motifs is 1. The van der Waals surface area contributed by atoms with E-state index >= 15 is 0 Å². The van der Waals surface area contributed by atoms with Gasteiger partial charge in [0.15, 0.2) is 0 Å². The second kappa shape index (κ2) is 7.84. The predicted octanol–water partition coefficient (Wildman–Crippen LogP) is 0.0592. The van der Waals surface area contributed by atoms with Gasteiger partial charge in [0, 0.05) is 19.9 Å². The zero-order chi connectivity index (χ0) is 18.7. The first-order chi connectivity index (χ1) is 12.5. The first-order valence-electron chi connectivity index (χ1n) is 8.72. The van der Waals surface area contributed by atoms with E-state index in [0.717, 1.165) is 23.4 Å². The highest BCUT2D eigenvalue weighted by atomic mass is 16.5. The molecule has 8 nitrogen and oxygen atoms in total. The number of piperidine rings is 1. The molecule has 0 aromatic carbocycles. The van der Waals surface area contributed by atoms with Crippen LogP contribution in [-0.4, -0.2) is 45.9 Å². The molecule has 0 saturated carbocycles. The number of nitrogens with one attached hydrogen (secondary N) is 1. The van der Waals surface area contributed by atoms with Crippen molar-refractivity contribution in [3.63, 3.8) is 0 Å². The van der Waals surface area contributed by atoms with E-state index in [1.807, 2.05) is 18.2 Å². The summed E-state index contributed by atoms with van der Waals surface area (Å²) >= 11 is 0. The molecule has 3 rings (SSSR count). The topological polar surface area (TPSA) is 103 Å². The van der Waals surface area contributed by atoms with Crippen LogP contribution >= 0.6 is 0 Å². The average molecular weight is 361 g/mol. The molecule has 140 valence electrons. The molecule has 0 bridgehead atoms. The third-order valence-corrected chi connectivity index (χ3v) is 4.71. The highest BCUT2D eigenvalue weighted by Gasteiger charge is 2.33. The zero-order valence-corrected chi connectivity index (χ0v) is 14.7. The Morgan fingerprint density at radius 3 is 2.85 bits per heavy atom. The first kappa shape index (κ1) is 18.3. The summed E-state index contributed by atoms with van der Waals surface area (Å²) in [4.78, 5) is 36.2. The number of imide groups is 1. The molecule has 1 unspecified atom stereocenters. The number of carbonyl (C=O) groups is 2. The SMILES string of the molecule is Cn1c2c(n(C3CCC(=O)NC3=O)c1=O)C=CC(=CCCOCCO)C2. The lowest BCUT2D eigenvalue weighted by Crippen LogP contribution is -2.44. The number of nitrogens with zero attached hydrogens (tertiary/aromatic N) is 2. The molecule has 2 heterocycles. The minimum absolute atomic E-state index is 0.00972. The Hall–Kier alpha value is -2.45. The van der Waals surface area contributed by atoms with Crippen molar-refractivity contribution in [2.75, 3.05) is 19.8 Å². The lowest BCUT2D eigenvalue weighted by Gasteiger charge is -2.23. The summed E-state index contributed by atoms with van der Waals surface area (Å²) in [6.07, 6.45) is 7.72. The minimum atomic E-state index is -0.655. The quantitative estimate of drug-likeness (QED) is 0.551. The Balaban J connectivity index is 1.81. The molecule has 0 radical (unpaired) electrons. The van der Waals surface area contributed by atoms with E-state index in [0.29, 0.717) is 26.1 Å². The van der Waals surface area contributed by atoms with Crippen LogP contribution in [0.15, 0.2) is 22.5 Å². The molecule has 8 heteroatoms. The lowest BCUT2D eigenvalue weighted by molar-refractivity contribution is -0.135. The van der Waals surface area contributed by atoms with Gasteiger partial charge in [0.25, 0.3) is 0 Å². The molecule has 1 atom stereocenters. The van der Waals surface area contributed by atoms with Crippen molar-refractivity contribution in [2.45, 2.75) is 31.7 Å². The van der Waals surface area contributed by atoms with Gasteiger partial charge in [-0.1, -0.05) is 12.2 Å². The van der Waals surface area contributed by atoms with Crippen molar-refractivity contribution < 1.29 is 19.4 Å². The molecule has 2 amide bonds. The van der Waals surface area contributed by atoms with Crippen LogP contribution in [0.5, 0.6) is 0 Å². The maximum Gasteiger partial charge on any atom is 0.329 e. The van der Waals surface area contributed by atoms with Gasteiger partial charge in [0.2, 0.25) is 11.8 Å². The van der Waals surface area contributed by atoms with Crippen molar-refractivity contribution >= 4 is 17.9 Å². The number of carbonyl (C=O) groups excluding carboxylic acids is 2. The number of hydrogen-bond donors (Lipinski definition) is 2. The fourth-order valence-electron chi connectivity index (χ4n) is 3.38. The maximum atomic E-state index is 12.7. The third kappa shape index (κ3) is 3.56. The number of ether oxygens (including phenoxy) is 1. The van der Waals surface area contributed by atoms with Crippen LogP contribution in [-0.2, 0) is 27.8 Å². The Bertz CT molecular complexity index is 831. The number of imidazole rings is 1. The molecule has 1 aliphatic carbocycles. The van der Waals surface area contributed by atoms with Gasteiger partial charge in [-0.05, 0) is 24.5 Å². The standard InChI is InChI=1S/C18H23N3O5/c1-20-15-11-12(3-2-9-26-10-8-22)4-5-13(15)21(18(20)25)14-6-7-16(23)19-17(14)24/h3-5,14,22H,2,6-11H2,1H3,(H,19,23,24). The average Bonchev–Trinajstić information content (AvgIpc) is 2.86. The van der Waals surface area contributed by atoms with E-state index in [-0.39, 0.29) is 24.6 Å². The minimum Gasteiger partial charge on any atom is -0.394 e. The van der Waals surface area contributed by atoms with Crippen LogP contribution in [0.25, 0.3) is 6.08 Å². The normalized spacial score (nSPS) is 21.2. The van der Waals surface area contributed by atoms with E-state index in [1.165, 1.54) is 4.57 Å². The second-order valence-electron chi connectivity index (χ2n) is 6.42. The predicted molar refractivity (Wildman–Crippen MR) is 94.4 cm³/mol. The summed E-state index contributed by atoms with van der Waals surface area (Å²) in [5, 5.41) is 11.0. The highest BCUT2D eigenvalue weighted by Crippen LogP contribution is 2.27. The number of amides is 2. The summed E-state index contributed by atoms with van der Waals surface area (Å²) in [5.41, 5.74) is 2.40. The fourth-order valence-corrected chi connectivity index (χ4v) is 3.38. The Morgan fingerprint density at radius 1 is 1.31 bits per heavy atom. The van der Waals surface area contributed by atoms with E-state index < -0.39 is 11.9 Å². The molecular weight excluding hydrogens is 338 g/mol. The number of hydrogen-bond acceptors (Lipinski definition) is 5. The number of aliphatic hydroxyl groups is 1. The largest absolute Gasteiger partial charge is 0.394 e. The van der Waals surface area contributed by atoms with Crippen molar-refractivity contribution in [2.24, 2.45) is 7.05 Å². The Morgan fingerprint density at radius 2 is 2.12 bits per heavy atom. The van der Waals surface area contributed by atoms with Gasteiger partial charge in [-0.2, -0.15) is 0 Å². The van der Waals surface area contributed by atoms with Crippen LogP contribution in [0.2, 0.25) is 0 Å². The van der Waals surface area contributed by atoms with Crippen LogP contribution in [0.3, 0.4) is 0 Å². The van der Waals surface area contributed by atoms with Gasteiger partial charge in [0.05, 0.1) is 31.2 Å². The molecule has 1 fully saturated rings. The maximum absolute atomic E-state index is 12.7. The summed E-state index contributed by atoms with van der Waals surface area (Å²) in [5.74, 6) is -0.721. The smallest absolute Gasteiger partial charge is 0.329 e. The van der Waals surface area contributed by atoms with Crippen molar-refractivity contribution in [1.29, 1.82) is 0 Å². The Kier molecular flexibility index (Phi) is 5.53. The van der Waals surface area contributed by atoms with Crippen LogP contribution in [0.4, 0.5) is 0 Å². The molecule has 1 aliphatic heterocycles. The van der Waals surface area contributed by atoms with Crippen molar-refractivity contribution in [3.05, 3.63) is 39.6 Å². The van der Waals surface area contributed by atoms with E-state index in [4.69, 9.17) is 9.84 Å². The van der Waals surface area contributed by atoms with Crippen molar-refractivity contribution in [1.82, 2.24) is 14.5 Å². The fraction of sp³-hybridized carbons (Fsp3) is 0.500. The second-order valence-corrected chi connectivity index (χ2v) is 6.42. The Labute approximate surface area is 150 Å². The summed E-state index contributed by atoms with van der Waals surface area (Å²) < 4.78 is 8.30. The molecule has 1 aromatic rings. The summed E-state index contributed by atoms with van der Waals surface area (Å²) in [6, 6.07) is -0.655. The molecule has 26 heavy (non-hydrogen) atoms. The van der Waals surface area contributed by atoms with E-state index in [1.54, 1.807) is 11.6 Å². The molecular formula is C18H23N3O5. The lowest BCUT2D eigenvalue weighted by atomic mass is 10.00. The molecule has 1 aromatic heterocycles. The third-order valence-electron chi connectivity index (χ3n) is 4.71. The first-order valence-corrected chi connectivity index (χ1v) is 8.72. The van der Waals surface area contributed by atoms with Crippen LogP contribution in [0.1, 0.15) is 36.7 Å². The summed E-state index contributed by atoms with van der Waals surface area (Å²) in [6.45, 7) is 0.864. The van der Waals surface area contributed by atoms with Gasteiger partial charge >= 0.3 is 5.69 Å². The van der Waals surface area contributed by atoms with Crippen LogP contribution in [0, 0.1) is 0 Å². The van der Waals surface area contributed by atoms with Crippen molar-refractivity contribution in [3.8, 4) is 0 Å². The molecule has 0 spiro atoms. The molecule has 2 N–H and O–H groups in total. The molecule has 2 aliphatic rings. The number of rotatable bonds is 6. The van der Waals surface area contributed by atoms with Crippen LogP contribution < -0.4 is 11.0 Å².